The van der Waals surface area contributed by atoms with Crippen LogP contribution in [0.2, 0.25) is 0 Å². The fourth-order valence-electron chi connectivity index (χ4n) is 4.20. The first kappa shape index (κ1) is 16.3. The lowest BCUT2D eigenvalue weighted by Crippen LogP contribution is -2.39. The molecular formula is C19H28N2O2. The minimum atomic E-state index is -0.0809. The smallest absolute Gasteiger partial charge is 0.315 e. The van der Waals surface area contributed by atoms with Gasteiger partial charge in [0.25, 0.3) is 0 Å². The molecule has 1 aromatic carbocycles. The third-order valence-electron chi connectivity index (χ3n) is 5.50. The van der Waals surface area contributed by atoms with Gasteiger partial charge in [0.05, 0.1) is 6.04 Å². The minimum Gasteiger partial charge on any atom is -0.396 e. The number of hydrogen-bond donors (Lipinski definition) is 3. The molecule has 0 bridgehead atoms. The second kappa shape index (κ2) is 7.35. The zero-order valence-electron chi connectivity index (χ0n) is 14.0. The molecule has 0 aromatic heterocycles. The Labute approximate surface area is 138 Å². The summed E-state index contributed by atoms with van der Waals surface area (Å²) in [6.07, 6.45) is 6.44. The highest BCUT2D eigenvalue weighted by Gasteiger charge is 2.35. The number of aliphatic hydroxyl groups excluding tert-OH is 1. The number of rotatable bonds is 6. The van der Waals surface area contributed by atoms with Crippen molar-refractivity contribution >= 4 is 6.03 Å². The summed E-state index contributed by atoms with van der Waals surface area (Å²) in [5.74, 6) is 0.973. The third kappa shape index (κ3) is 3.52. The Kier molecular flexibility index (Phi) is 5.21. The number of urea groups is 1. The Morgan fingerprint density at radius 1 is 1.43 bits per heavy atom. The highest BCUT2D eigenvalue weighted by Crippen LogP contribution is 2.47. The Balaban J connectivity index is 1.60. The molecule has 4 heteroatoms. The van der Waals surface area contributed by atoms with Gasteiger partial charge in [-0.05, 0) is 60.6 Å². The molecule has 4 nitrogen and oxygen atoms in total. The second-order valence-corrected chi connectivity index (χ2v) is 6.94. The van der Waals surface area contributed by atoms with E-state index in [0.29, 0.717) is 18.4 Å². The van der Waals surface area contributed by atoms with Gasteiger partial charge in [-0.2, -0.15) is 0 Å². The average molecular weight is 316 g/mol. The van der Waals surface area contributed by atoms with E-state index in [1.54, 1.807) is 0 Å². The Morgan fingerprint density at radius 3 is 3.09 bits per heavy atom. The van der Waals surface area contributed by atoms with Crippen LogP contribution in [0.1, 0.15) is 67.7 Å². The van der Waals surface area contributed by atoms with Gasteiger partial charge < -0.3 is 15.7 Å². The Hall–Kier alpha value is -1.55. The van der Waals surface area contributed by atoms with Gasteiger partial charge in [-0.1, -0.05) is 31.5 Å². The molecule has 2 amide bonds. The molecule has 1 aromatic rings. The number of carbonyl (C=O) groups excluding carboxylic acids is 1. The summed E-state index contributed by atoms with van der Waals surface area (Å²) in [7, 11) is 0. The SMILES string of the molecule is CCC(CCO)CNC(=O)NC1CC2CCCc3cccc1c32. The molecule has 3 unspecified atom stereocenters. The summed E-state index contributed by atoms with van der Waals surface area (Å²) in [4.78, 5) is 12.2. The van der Waals surface area contributed by atoms with Crippen molar-refractivity contribution in [2.75, 3.05) is 13.2 Å². The fourth-order valence-corrected chi connectivity index (χ4v) is 4.20. The highest BCUT2D eigenvalue weighted by molar-refractivity contribution is 5.74. The predicted octanol–water partition coefficient (Wildman–Crippen LogP) is 3.26. The van der Waals surface area contributed by atoms with E-state index in [9.17, 15) is 4.79 Å². The van der Waals surface area contributed by atoms with Crippen LogP contribution in [0.15, 0.2) is 18.2 Å². The van der Waals surface area contributed by atoms with E-state index < -0.39 is 0 Å². The first-order valence-electron chi connectivity index (χ1n) is 8.99. The lowest BCUT2D eigenvalue weighted by molar-refractivity contribution is 0.227. The second-order valence-electron chi connectivity index (χ2n) is 6.94. The summed E-state index contributed by atoms with van der Waals surface area (Å²) >= 11 is 0. The molecule has 0 aliphatic heterocycles. The molecule has 3 atom stereocenters. The van der Waals surface area contributed by atoms with Crippen LogP contribution in [0.25, 0.3) is 0 Å². The van der Waals surface area contributed by atoms with Crippen LogP contribution in [-0.2, 0) is 6.42 Å². The molecule has 0 spiro atoms. The largest absolute Gasteiger partial charge is 0.396 e. The minimum absolute atomic E-state index is 0.0809. The van der Waals surface area contributed by atoms with Gasteiger partial charge in [-0.15, -0.1) is 0 Å². The van der Waals surface area contributed by atoms with Crippen LogP contribution >= 0.6 is 0 Å². The maximum absolute atomic E-state index is 12.2. The van der Waals surface area contributed by atoms with Crippen LogP contribution in [0.5, 0.6) is 0 Å². The summed E-state index contributed by atoms with van der Waals surface area (Å²) in [5.41, 5.74) is 4.32. The molecule has 0 fully saturated rings. The van der Waals surface area contributed by atoms with Crippen molar-refractivity contribution < 1.29 is 9.90 Å². The molecule has 3 rings (SSSR count). The van der Waals surface area contributed by atoms with Crippen molar-refractivity contribution in [2.24, 2.45) is 5.92 Å². The standard InChI is InChI=1S/C19H28N2O2/c1-2-13(9-10-22)12-20-19(23)21-17-11-15-7-3-5-14-6-4-8-16(17)18(14)15/h4,6,8,13,15,17,22H,2-3,5,7,9-12H2,1H3,(H2,20,21,23). The zero-order valence-corrected chi connectivity index (χ0v) is 14.0. The van der Waals surface area contributed by atoms with Crippen LogP contribution < -0.4 is 10.6 Å². The Morgan fingerprint density at radius 2 is 2.30 bits per heavy atom. The summed E-state index contributed by atoms with van der Waals surface area (Å²) in [5, 5.41) is 15.2. The van der Waals surface area contributed by atoms with E-state index in [1.165, 1.54) is 36.0 Å². The van der Waals surface area contributed by atoms with E-state index in [-0.39, 0.29) is 18.7 Å². The molecule has 0 radical (unpaired) electrons. The summed E-state index contributed by atoms with van der Waals surface area (Å²) in [6, 6.07) is 6.61. The van der Waals surface area contributed by atoms with Crippen molar-refractivity contribution in [3.8, 4) is 0 Å². The first-order valence-corrected chi connectivity index (χ1v) is 8.99. The van der Waals surface area contributed by atoms with Crippen LogP contribution in [0, 0.1) is 5.92 Å². The number of aliphatic hydroxyl groups is 1. The van der Waals surface area contributed by atoms with E-state index >= 15 is 0 Å². The van der Waals surface area contributed by atoms with E-state index in [2.05, 4.69) is 35.8 Å². The maximum Gasteiger partial charge on any atom is 0.315 e. The van der Waals surface area contributed by atoms with Crippen LogP contribution in [0.4, 0.5) is 4.79 Å². The number of carbonyl (C=O) groups is 1. The fraction of sp³-hybridized carbons (Fsp3) is 0.632. The molecule has 23 heavy (non-hydrogen) atoms. The number of amides is 2. The van der Waals surface area contributed by atoms with E-state index in [1.807, 2.05) is 0 Å². The molecule has 126 valence electrons. The molecule has 0 saturated heterocycles. The van der Waals surface area contributed by atoms with Gasteiger partial charge in [-0.3, -0.25) is 0 Å². The van der Waals surface area contributed by atoms with Crippen molar-refractivity contribution in [1.82, 2.24) is 10.6 Å². The Bertz CT molecular complexity index is 558. The monoisotopic (exact) mass is 316 g/mol. The topological polar surface area (TPSA) is 61.4 Å². The molecular weight excluding hydrogens is 288 g/mol. The molecule has 2 aliphatic carbocycles. The zero-order chi connectivity index (χ0) is 16.2. The lowest BCUT2D eigenvalue weighted by atomic mass is 9.84. The quantitative estimate of drug-likeness (QED) is 0.754. The summed E-state index contributed by atoms with van der Waals surface area (Å²) < 4.78 is 0. The number of aryl methyl sites for hydroxylation is 1. The maximum atomic E-state index is 12.2. The highest BCUT2D eigenvalue weighted by atomic mass is 16.3. The van der Waals surface area contributed by atoms with Gasteiger partial charge in [-0.25, -0.2) is 4.79 Å². The molecule has 0 saturated carbocycles. The molecule has 3 N–H and O–H groups in total. The van der Waals surface area contributed by atoms with Gasteiger partial charge in [0.2, 0.25) is 0 Å². The van der Waals surface area contributed by atoms with Crippen molar-refractivity contribution in [2.45, 2.75) is 57.4 Å². The van der Waals surface area contributed by atoms with E-state index in [0.717, 1.165) is 19.3 Å². The van der Waals surface area contributed by atoms with Gasteiger partial charge in [0, 0.05) is 13.2 Å². The van der Waals surface area contributed by atoms with Gasteiger partial charge in [0.15, 0.2) is 0 Å². The lowest BCUT2D eigenvalue weighted by Gasteiger charge is -2.20. The molecule has 0 heterocycles. The first-order chi connectivity index (χ1) is 11.2. The van der Waals surface area contributed by atoms with Gasteiger partial charge in [0.1, 0.15) is 0 Å². The number of nitrogens with one attached hydrogen (secondary N) is 2. The van der Waals surface area contributed by atoms with Crippen molar-refractivity contribution in [3.05, 3.63) is 34.9 Å². The van der Waals surface area contributed by atoms with Crippen LogP contribution in [-0.4, -0.2) is 24.3 Å². The molecule has 2 aliphatic rings. The van der Waals surface area contributed by atoms with Crippen molar-refractivity contribution in [3.63, 3.8) is 0 Å². The van der Waals surface area contributed by atoms with Crippen LogP contribution in [0.3, 0.4) is 0 Å². The predicted molar refractivity (Wildman–Crippen MR) is 91.5 cm³/mol. The third-order valence-corrected chi connectivity index (χ3v) is 5.50. The average Bonchev–Trinajstić information content (AvgIpc) is 2.91. The van der Waals surface area contributed by atoms with E-state index in [4.69, 9.17) is 5.11 Å². The summed E-state index contributed by atoms with van der Waals surface area (Å²) in [6.45, 7) is 2.91. The number of benzene rings is 1. The van der Waals surface area contributed by atoms with Crippen molar-refractivity contribution in [1.29, 1.82) is 0 Å². The number of hydrogen-bond acceptors (Lipinski definition) is 2. The normalized spacial score (nSPS) is 23.2. The van der Waals surface area contributed by atoms with Gasteiger partial charge >= 0.3 is 6.03 Å².